The maximum atomic E-state index is 11.7. The molecule has 1 atom stereocenters. The molecule has 10 heteroatoms. The van der Waals surface area contributed by atoms with Crippen LogP contribution in [0, 0.1) is 0 Å². The minimum absolute atomic E-state index is 0.0929. The van der Waals surface area contributed by atoms with Crippen molar-refractivity contribution in [1.29, 1.82) is 0 Å². The highest BCUT2D eigenvalue weighted by atomic mass is 32.2. The molecule has 4 heterocycles. The van der Waals surface area contributed by atoms with Crippen molar-refractivity contribution in [3.63, 3.8) is 0 Å². The highest BCUT2D eigenvalue weighted by Crippen LogP contribution is 2.31. The number of urea groups is 1. The summed E-state index contributed by atoms with van der Waals surface area (Å²) in [6.07, 6.45) is 4.93. The summed E-state index contributed by atoms with van der Waals surface area (Å²) in [6, 6.07) is 7.85. The Hall–Kier alpha value is -2.85. The van der Waals surface area contributed by atoms with Gasteiger partial charge in [-0.2, -0.15) is 0 Å². The predicted molar refractivity (Wildman–Crippen MR) is 117 cm³/mol. The Bertz CT molecular complexity index is 1090. The van der Waals surface area contributed by atoms with Crippen molar-refractivity contribution >= 4 is 34.6 Å². The van der Waals surface area contributed by atoms with Crippen molar-refractivity contribution in [2.75, 3.05) is 25.4 Å². The van der Waals surface area contributed by atoms with Crippen LogP contribution in [-0.4, -0.2) is 68.1 Å². The number of benzene rings is 1. The number of hydrogen-bond donors (Lipinski definition) is 2. The normalized spacial score (nSPS) is 19.0. The molecule has 0 saturated carbocycles. The van der Waals surface area contributed by atoms with Crippen molar-refractivity contribution in [3.05, 3.63) is 30.5 Å². The van der Waals surface area contributed by atoms with Crippen LogP contribution >= 0.6 is 11.8 Å². The molecule has 2 N–H and O–H groups in total. The van der Waals surface area contributed by atoms with Crippen molar-refractivity contribution in [1.82, 2.24) is 30.0 Å². The lowest BCUT2D eigenvalue weighted by atomic mass is 10.1. The molecule has 0 aliphatic carbocycles. The average Bonchev–Trinajstić information content (AvgIpc) is 3.56. The number of nitrogens with one attached hydrogen (secondary N) is 2. The number of rotatable bonds is 8. The summed E-state index contributed by atoms with van der Waals surface area (Å²) < 4.78 is 8.02. The van der Waals surface area contributed by atoms with Gasteiger partial charge in [0.2, 0.25) is 5.91 Å². The Morgan fingerprint density at radius 2 is 2.13 bits per heavy atom. The summed E-state index contributed by atoms with van der Waals surface area (Å²) in [5.41, 5.74) is 2.08. The quantitative estimate of drug-likeness (QED) is 0.317. The fourth-order valence-electron chi connectivity index (χ4n) is 4.08. The van der Waals surface area contributed by atoms with Crippen LogP contribution in [0.15, 0.2) is 35.6 Å². The van der Waals surface area contributed by atoms with Gasteiger partial charge in [0.1, 0.15) is 0 Å². The zero-order valence-corrected chi connectivity index (χ0v) is 17.9. The second-order valence-electron chi connectivity index (χ2n) is 7.71. The molecule has 0 bridgehead atoms. The number of imide groups is 1. The van der Waals surface area contributed by atoms with Crippen molar-refractivity contribution < 1.29 is 14.3 Å². The highest BCUT2D eigenvalue weighted by molar-refractivity contribution is 7.99. The van der Waals surface area contributed by atoms with Crippen LogP contribution in [0.5, 0.6) is 0 Å². The van der Waals surface area contributed by atoms with Crippen molar-refractivity contribution in [2.45, 2.75) is 37.1 Å². The Labute approximate surface area is 183 Å². The second-order valence-corrected chi connectivity index (χ2v) is 8.77. The van der Waals surface area contributed by atoms with E-state index >= 15 is 0 Å². The number of carbonyl (C=O) groups excluding carboxylic acids is 2. The molecule has 162 valence electrons. The molecule has 9 nitrogen and oxygen atoms in total. The van der Waals surface area contributed by atoms with E-state index in [9.17, 15) is 9.59 Å². The minimum atomic E-state index is -0.307. The molecule has 0 radical (unpaired) electrons. The molecule has 2 saturated heterocycles. The summed E-state index contributed by atoms with van der Waals surface area (Å²) in [6.45, 7) is 2.00. The van der Waals surface area contributed by atoms with Crippen molar-refractivity contribution in [3.8, 4) is 11.4 Å². The van der Waals surface area contributed by atoms with Crippen molar-refractivity contribution in [2.24, 2.45) is 0 Å². The summed E-state index contributed by atoms with van der Waals surface area (Å²) in [4.78, 5) is 28.0. The van der Waals surface area contributed by atoms with Crippen LogP contribution in [0.3, 0.4) is 0 Å². The van der Waals surface area contributed by atoms with Crippen LogP contribution < -0.4 is 5.32 Å². The SMILES string of the molecule is O=C1CNC(=O)N1CCCSc1nnc(-c2c[nH]c3ccccc23)n1CC1CCCO1. The van der Waals surface area contributed by atoms with E-state index in [2.05, 4.69) is 31.1 Å². The smallest absolute Gasteiger partial charge is 0.324 e. The number of ether oxygens (including phenoxy) is 1. The van der Waals surface area contributed by atoms with E-state index in [1.165, 1.54) is 4.90 Å². The largest absolute Gasteiger partial charge is 0.376 e. The molecule has 31 heavy (non-hydrogen) atoms. The lowest BCUT2D eigenvalue weighted by Gasteiger charge is -2.15. The highest BCUT2D eigenvalue weighted by Gasteiger charge is 2.28. The third-order valence-electron chi connectivity index (χ3n) is 5.65. The minimum Gasteiger partial charge on any atom is -0.376 e. The van der Waals surface area contributed by atoms with E-state index in [1.807, 2.05) is 24.4 Å². The fraction of sp³-hybridized carbons (Fsp3) is 0.429. The number of H-pyrrole nitrogens is 1. The molecule has 5 rings (SSSR count). The number of nitrogens with zero attached hydrogens (tertiary/aromatic N) is 4. The maximum Gasteiger partial charge on any atom is 0.324 e. The Balaban J connectivity index is 1.34. The van der Waals surface area contributed by atoms with Gasteiger partial charge in [-0.3, -0.25) is 14.3 Å². The number of hydrogen-bond acceptors (Lipinski definition) is 6. The molecule has 2 fully saturated rings. The molecule has 1 unspecified atom stereocenters. The van der Waals surface area contributed by atoms with Crippen LogP contribution in [-0.2, 0) is 16.1 Å². The first-order valence-corrected chi connectivity index (χ1v) is 11.5. The summed E-state index contributed by atoms with van der Waals surface area (Å²) in [7, 11) is 0. The van der Waals surface area contributed by atoms with Gasteiger partial charge in [0, 0.05) is 41.6 Å². The van der Waals surface area contributed by atoms with E-state index in [4.69, 9.17) is 4.74 Å². The van der Waals surface area contributed by atoms with Gasteiger partial charge in [-0.15, -0.1) is 10.2 Å². The van der Waals surface area contributed by atoms with E-state index in [0.717, 1.165) is 52.6 Å². The number of carbonyl (C=O) groups is 2. The summed E-state index contributed by atoms with van der Waals surface area (Å²) in [5.74, 6) is 1.39. The monoisotopic (exact) mass is 440 g/mol. The first kappa shape index (κ1) is 20.1. The zero-order valence-electron chi connectivity index (χ0n) is 17.0. The molecule has 2 aromatic heterocycles. The fourth-order valence-corrected chi connectivity index (χ4v) is 4.95. The number of para-hydroxylation sites is 1. The molecule has 2 aliphatic heterocycles. The van der Waals surface area contributed by atoms with Gasteiger partial charge in [-0.05, 0) is 25.3 Å². The second kappa shape index (κ2) is 8.72. The first-order chi connectivity index (χ1) is 15.2. The molecule has 3 aromatic rings. The Kier molecular flexibility index (Phi) is 5.65. The number of aromatic nitrogens is 4. The van der Waals surface area contributed by atoms with Gasteiger partial charge < -0.3 is 15.0 Å². The maximum absolute atomic E-state index is 11.7. The lowest BCUT2D eigenvalue weighted by molar-refractivity contribution is -0.124. The Morgan fingerprint density at radius 3 is 2.94 bits per heavy atom. The van der Waals surface area contributed by atoms with Crippen LogP contribution in [0.4, 0.5) is 4.79 Å². The molecule has 1 aromatic carbocycles. The summed E-state index contributed by atoms with van der Waals surface area (Å²) >= 11 is 1.59. The Morgan fingerprint density at radius 1 is 1.23 bits per heavy atom. The van der Waals surface area contributed by atoms with Gasteiger partial charge in [-0.1, -0.05) is 30.0 Å². The van der Waals surface area contributed by atoms with E-state index in [-0.39, 0.29) is 24.6 Å². The average molecular weight is 441 g/mol. The van der Waals surface area contributed by atoms with Gasteiger partial charge in [-0.25, -0.2) is 4.79 Å². The predicted octanol–water partition coefficient (Wildman–Crippen LogP) is 2.64. The number of amides is 3. The van der Waals surface area contributed by atoms with Gasteiger partial charge >= 0.3 is 6.03 Å². The van der Waals surface area contributed by atoms with E-state index < -0.39 is 0 Å². The van der Waals surface area contributed by atoms with Crippen LogP contribution in [0.25, 0.3) is 22.3 Å². The number of aromatic amines is 1. The van der Waals surface area contributed by atoms with Crippen LogP contribution in [0.2, 0.25) is 0 Å². The number of fused-ring (bicyclic) bond motifs is 1. The molecular formula is C21H24N6O3S. The third-order valence-corrected chi connectivity index (χ3v) is 6.70. The van der Waals surface area contributed by atoms with Crippen LogP contribution in [0.1, 0.15) is 19.3 Å². The topological polar surface area (TPSA) is 105 Å². The van der Waals surface area contributed by atoms with E-state index in [0.29, 0.717) is 19.5 Å². The molecule has 2 aliphatic rings. The third kappa shape index (κ3) is 4.05. The van der Waals surface area contributed by atoms with Gasteiger partial charge in [0.05, 0.1) is 19.2 Å². The number of thioether (sulfide) groups is 1. The molecule has 3 amide bonds. The molecule has 0 spiro atoms. The lowest BCUT2D eigenvalue weighted by Crippen LogP contribution is -2.32. The van der Waals surface area contributed by atoms with Gasteiger partial charge in [0.15, 0.2) is 11.0 Å². The summed E-state index contributed by atoms with van der Waals surface area (Å²) in [5, 5.41) is 13.5. The van der Waals surface area contributed by atoms with Gasteiger partial charge in [0.25, 0.3) is 0 Å². The molecular weight excluding hydrogens is 416 g/mol. The van der Waals surface area contributed by atoms with E-state index in [1.54, 1.807) is 11.8 Å². The first-order valence-electron chi connectivity index (χ1n) is 10.5. The zero-order chi connectivity index (χ0) is 21.2. The standard InChI is InChI=1S/C21H24N6O3S/c28-18-12-23-20(29)26(18)8-4-10-31-21-25-24-19(27(21)13-14-5-3-9-30-14)16-11-22-17-7-2-1-6-15(16)17/h1-2,6-7,11,14,22H,3-5,8-10,12-13H2,(H,23,29).